The molecule has 1 aromatic carbocycles. The summed E-state index contributed by atoms with van der Waals surface area (Å²) in [5.41, 5.74) is 1.35. The van der Waals surface area contributed by atoms with Crippen molar-refractivity contribution < 1.29 is 4.79 Å². The minimum Gasteiger partial charge on any atom is -0.307 e. The van der Waals surface area contributed by atoms with Gasteiger partial charge in [-0.3, -0.25) is 4.79 Å². The van der Waals surface area contributed by atoms with Gasteiger partial charge in [0.1, 0.15) is 5.78 Å². The molecular formula is C24H40ClNO. The highest BCUT2D eigenvalue weighted by Crippen LogP contribution is 2.28. The van der Waals surface area contributed by atoms with Crippen LogP contribution in [0.3, 0.4) is 0 Å². The summed E-state index contributed by atoms with van der Waals surface area (Å²) < 4.78 is 0. The normalized spacial score (nSPS) is 13.9. The molecule has 0 aliphatic rings. The van der Waals surface area contributed by atoms with Crippen molar-refractivity contribution in [1.82, 2.24) is 5.32 Å². The van der Waals surface area contributed by atoms with Crippen LogP contribution in [0, 0.1) is 11.8 Å². The van der Waals surface area contributed by atoms with Crippen LogP contribution in [-0.4, -0.2) is 18.4 Å². The molecule has 1 N–H and O–H groups in total. The minimum absolute atomic E-state index is 0.00248. The van der Waals surface area contributed by atoms with Crippen LogP contribution in [0.2, 0.25) is 5.02 Å². The van der Waals surface area contributed by atoms with Crippen molar-refractivity contribution in [2.24, 2.45) is 11.8 Å². The number of carbonyl (C=O) groups is 1. The standard InChI is InChI=1S/C24H40ClNO/c1-6-9-20(21-13-15-22(25)16-14-21)11-7-12-23(27)24(19(4)5)26-17-8-10-18(2)3/h13-16,18-20,24,26H,6-12,17H2,1-5H3. The maximum Gasteiger partial charge on any atom is 0.150 e. The van der Waals surface area contributed by atoms with Gasteiger partial charge in [-0.1, -0.05) is 64.8 Å². The van der Waals surface area contributed by atoms with Gasteiger partial charge in [-0.25, -0.2) is 0 Å². The van der Waals surface area contributed by atoms with Crippen molar-refractivity contribution in [3.05, 3.63) is 34.9 Å². The summed E-state index contributed by atoms with van der Waals surface area (Å²) in [5, 5.41) is 4.30. The van der Waals surface area contributed by atoms with Gasteiger partial charge in [-0.15, -0.1) is 0 Å². The molecule has 0 aliphatic carbocycles. The predicted octanol–water partition coefficient (Wildman–Crippen LogP) is 7.01. The van der Waals surface area contributed by atoms with E-state index in [9.17, 15) is 4.79 Å². The first-order valence-corrected chi connectivity index (χ1v) is 11.2. The van der Waals surface area contributed by atoms with Crippen molar-refractivity contribution in [2.45, 2.75) is 91.5 Å². The number of Topliss-reactive ketones (excluding diaryl/α,β-unsaturated/α-hetero) is 1. The molecule has 3 heteroatoms. The molecule has 0 bridgehead atoms. The minimum atomic E-state index is -0.00248. The fourth-order valence-electron chi connectivity index (χ4n) is 3.73. The van der Waals surface area contributed by atoms with E-state index >= 15 is 0 Å². The van der Waals surface area contributed by atoms with Gasteiger partial charge >= 0.3 is 0 Å². The van der Waals surface area contributed by atoms with Crippen molar-refractivity contribution in [2.75, 3.05) is 6.54 Å². The van der Waals surface area contributed by atoms with Crippen LogP contribution in [0.25, 0.3) is 0 Å². The van der Waals surface area contributed by atoms with Gasteiger partial charge < -0.3 is 5.32 Å². The molecule has 0 aliphatic heterocycles. The molecule has 0 saturated carbocycles. The molecule has 2 atom stereocenters. The molecule has 0 amide bonds. The maximum atomic E-state index is 12.8. The SMILES string of the molecule is CCCC(CCCC(=O)C(NCCCC(C)C)C(C)C)c1ccc(Cl)cc1. The lowest BCUT2D eigenvalue weighted by atomic mass is 9.88. The molecule has 0 fully saturated rings. The second-order valence-electron chi connectivity index (χ2n) is 8.61. The average Bonchev–Trinajstić information content (AvgIpc) is 2.61. The van der Waals surface area contributed by atoms with Crippen molar-refractivity contribution in [1.29, 1.82) is 0 Å². The fraction of sp³-hybridized carbons (Fsp3) is 0.708. The first-order valence-electron chi connectivity index (χ1n) is 10.9. The molecular weight excluding hydrogens is 354 g/mol. The van der Waals surface area contributed by atoms with Crippen LogP contribution in [0.15, 0.2) is 24.3 Å². The van der Waals surface area contributed by atoms with Gasteiger partial charge in [-0.05, 0) is 74.1 Å². The van der Waals surface area contributed by atoms with Gasteiger partial charge in [0.05, 0.1) is 6.04 Å². The molecule has 0 heterocycles. The summed E-state index contributed by atoms with van der Waals surface area (Å²) in [4.78, 5) is 12.8. The Morgan fingerprint density at radius 3 is 2.22 bits per heavy atom. The van der Waals surface area contributed by atoms with E-state index in [4.69, 9.17) is 11.6 Å². The van der Waals surface area contributed by atoms with E-state index in [-0.39, 0.29) is 6.04 Å². The number of carbonyl (C=O) groups excluding carboxylic acids is 1. The molecule has 1 aromatic rings. The zero-order chi connectivity index (χ0) is 20.2. The van der Waals surface area contributed by atoms with Gasteiger partial charge in [-0.2, -0.15) is 0 Å². The third kappa shape index (κ3) is 9.76. The van der Waals surface area contributed by atoms with Crippen molar-refractivity contribution >= 4 is 17.4 Å². The fourth-order valence-corrected chi connectivity index (χ4v) is 3.85. The zero-order valence-corrected chi connectivity index (χ0v) is 18.8. The predicted molar refractivity (Wildman–Crippen MR) is 119 cm³/mol. The summed E-state index contributed by atoms with van der Waals surface area (Å²) in [6.07, 6.45) is 7.38. The van der Waals surface area contributed by atoms with E-state index in [1.165, 1.54) is 12.0 Å². The lowest BCUT2D eigenvalue weighted by Gasteiger charge is -2.22. The molecule has 0 radical (unpaired) electrons. The molecule has 0 aromatic heterocycles. The number of hydrogen-bond acceptors (Lipinski definition) is 2. The first kappa shape index (κ1) is 24.2. The van der Waals surface area contributed by atoms with Gasteiger partial charge in [0.15, 0.2) is 0 Å². The van der Waals surface area contributed by atoms with Gasteiger partial charge in [0.2, 0.25) is 0 Å². The second kappa shape index (κ2) is 13.3. The van der Waals surface area contributed by atoms with Crippen LogP contribution in [0.4, 0.5) is 0 Å². The molecule has 2 unspecified atom stereocenters. The Bertz CT molecular complexity index is 524. The van der Waals surface area contributed by atoms with Crippen molar-refractivity contribution in [3.8, 4) is 0 Å². The Balaban J connectivity index is 2.49. The monoisotopic (exact) mass is 393 g/mol. The smallest absolute Gasteiger partial charge is 0.150 e. The van der Waals surface area contributed by atoms with Crippen LogP contribution >= 0.6 is 11.6 Å². The molecule has 0 saturated heterocycles. The van der Waals surface area contributed by atoms with Crippen LogP contribution in [0.1, 0.15) is 91.0 Å². The average molecular weight is 394 g/mol. The van der Waals surface area contributed by atoms with E-state index in [1.54, 1.807) is 0 Å². The quantitative estimate of drug-likeness (QED) is 0.344. The van der Waals surface area contributed by atoms with Crippen molar-refractivity contribution in [3.63, 3.8) is 0 Å². The van der Waals surface area contributed by atoms with Crippen LogP contribution in [-0.2, 0) is 4.79 Å². The largest absolute Gasteiger partial charge is 0.307 e. The Morgan fingerprint density at radius 1 is 1.00 bits per heavy atom. The topological polar surface area (TPSA) is 29.1 Å². The van der Waals surface area contributed by atoms with E-state index < -0.39 is 0 Å². The van der Waals surface area contributed by atoms with Crippen LogP contribution in [0.5, 0.6) is 0 Å². The first-order chi connectivity index (χ1) is 12.8. The Hall–Kier alpha value is -0.860. The van der Waals surface area contributed by atoms with E-state index in [0.29, 0.717) is 24.0 Å². The lowest BCUT2D eigenvalue weighted by molar-refractivity contribution is -0.122. The summed E-state index contributed by atoms with van der Waals surface area (Å²) in [6, 6.07) is 8.22. The number of ketones is 1. The number of nitrogens with one attached hydrogen (secondary N) is 1. The molecule has 154 valence electrons. The summed E-state index contributed by atoms with van der Waals surface area (Å²) in [5.74, 6) is 1.97. The maximum absolute atomic E-state index is 12.8. The zero-order valence-electron chi connectivity index (χ0n) is 18.1. The van der Waals surface area contributed by atoms with Gasteiger partial charge in [0.25, 0.3) is 0 Å². The van der Waals surface area contributed by atoms with E-state index in [1.807, 2.05) is 12.1 Å². The highest BCUT2D eigenvalue weighted by atomic mass is 35.5. The number of hydrogen-bond donors (Lipinski definition) is 1. The summed E-state index contributed by atoms with van der Waals surface area (Å²) in [7, 11) is 0. The van der Waals surface area contributed by atoms with Crippen LogP contribution < -0.4 is 5.32 Å². The van der Waals surface area contributed by atoms with Gasteiger partial charge in [0, 0.05) is 11.4 Å². The summed E-state index contributed by atoms with van der Waals surface area (Å²) >= 11 is 6.02. The Kier molecular flexibility index (Phi) is 11.9. The molecule has 27 heavy (non-hydrogen) atoms. The summed E-state index contributed by atoms with van der Waals surface area (Å²) in [6.45, 7) is 12.0. The second-order valence-corrected chi connectivity index (χ2v) is 9.04. The third-order valence-corrected chi connectivity index (χ3v) is 5.54. The number of halogens is 1. The highest BCUT2D eigenvalue weighted by Gasteiger charge is 2.21. The molecule has 1 rings (SSSR count). The number of benzene rings is 1. The highest BCUT2D eigenvalue weighted by molar-refractivity contribution is 6.30. The number of rotatable bonds is 14. The Morgan fingerprint density at radius 2 is 1.67 bits per heavy atom. The lowest BCUT2D eigenvalue weighted by Crippen LogP contribution is -2.41. The van der Waals surface area contributed by atoms with E-state index in [2.05, 4.69) is 52.1 Å². The molecule has 0 spiro atoms. The third-order valence-electron chi connectivity index (χ3n) is 5.29. The molecule has 2 nitrogen and oxygen atoms in total. The van der Waals surface area contributed by atoms with E-state index in [0.717, 1.165) is 49.6 Å². The Labute approximate surface area is 172 Å².